The zero-order valence-electron chi connectivity index (χ0n) is 11.5. The molecule has 0 bridgehead atoms. The number of nitrogens with zero attached hydrogens (tertiary/aromatic N) is 1. The normalized spacial score (nSPS) is 10.8. The first kappa shape index (κ1) is 13.7. The quantitative estimate of drug-likeness (QED) is 0.792. The van der Waals surface area contributed by atoms with Crippen LogP contribution in [0.2, 0.25) is 0 Å². The first-order valence-electron chi connectivity index (χ1n) is 6.17. The van der Waals surface area contributed by atoms with Crippen LogP contribution in [-0.2, 0) is 0 Å². The van der Waals surface area contributed by atoms with Crippen LogP contribution < -0.4 is 9.47 Å². The first-order valence-corrected chi connectivity index (χ1v) is 6.17. The molecule has 2 aromatic carbocycles. The molecule has 0 aliphatic carbocycles. The predicted octanol–water partition coefficient (Wildman–Crippen LogP) is 3.66. The Hall–Kier alpha value is -2.73. The summed E-state index contributed by atoms with van der Waals surface area (Å²) in [6.07, 6.45) is 1.53. The number of benzene rings is 2. The maximum atomic E-state index is 9.03. The molecule has 0 atom stereocenters. The van der Waals surface area contributed by atoms with Crippen LogP contribution in [-0.4, -0.2) is 14.2 Å². The second kappa shape index (κ2) is 6.44. The number of para-hydroxylation sites is 1. The monoisotopic (exact) mass is 265 g/mol. The van der Waals surface area contributed by atoms with Crippen molar-refractivity contribution < 1.29 is 9.47 Å². The van der Waals surface area contributed by atoms with Crippen LogP contribution in [0.1, 0.15) is 11.1 Å². The summed E-state index contributed by atoms with van der Waals surface area (Å²) in [4.78, 5) is 0. The molecule has 0 spiro atoms. The highest BCUT2D eigenvalue weighted by atomic mass is 16.5. The average Bonchev–Trinajstić information content (AvgIpc) is 2.53. The van der Waals surface area contributed by atoms with Crippen molar-refractivity contribution in [2.75, 3.05) is 14.2 Å². The zero-order valence-corrected chi connectivity index (χ0v) is 11.5. The van der Waals surface area contributed by atoms with E-state index in [1.807, 2.05) is 48.5 Å². The molecule has 3 heteroatoms. The van der Waals surface area contributed by atoms with E-state index in [0.29, 0.717) is 0 Å². The fourth-order valence-corrected chi connectivity index (χ4v) is 2.02. The molecule has 100 valence electrons. The molecule has 2 rings (SSSR count). The van der Waals surface area contributed by atoms with Gasteiger partial charge in [-0.3, -0.25) is 0 Å². The summed E-state index contributed by atoms with van der Waals surface area (Å²) >= 11 is 0. The van der Waals surface area contributed by atoms with Crippen molar-refractivity contribution in [1.82, 2.24) is 0 Å². The molecule has 0 saturated heterocycles. The third-order valence-electron chi connectivity index (χ3n) is 3.01. The van der Waals surface area contributed by atoms with Gasteiger partial charge in [0.25, 0.3) is 0 Å². The summed E-state index contributed by atoms with van der Waals surface area (Å²) < 4.78 is 10.5. The van der Waals surface area contributed by atoms with Crippen molar-refractivity contribution in [2.45, 2.75) is 0 Å². The van der Waals surface area contributed by atoms with Gasteiger partial charge < -0.3 is 9.47 Å². The Morgan fingerprint density at radius 1 is 1.00 bits per heavy atom. The Kier molecular flexibility index (Phi) is 4.41. The standard InChI is InChI=1S/C17H15NO2/c1-19-14-9-7-13(8-10-14)15(11-12-18)16-5-3-4-6-17(16)20-2/h3-11H,1-2H3. The summed E-state index contributed by atoms with van der Waals surface area (Å²) in [5, 5.41) is 9.03. The van der Waals surface area contributed by atoms with E-state index >= 15 is 0 Å². The second-order valence-corrected chi connectivity index (χ2v) is 4.12. The lowest BCUT2D eigenvalue weighted by molar-refractivity contribution is 0.413. The summed E-state index contributed by atoms with van der Waals surface area (Å²) in [5.74, 6) is 1.52. The van der Waals surface area contributed by atoms with Gasteiger partial charge in [-0.15, -0.1) is 0 Å². The molecule has 0 saturated carbocycles. The van der Waals surface area contributed by atoms with E-state index in [4.69, 9.17) is 14.7 Å². The van der Waals surface area contributed by atoms with Crippen molar-refractivity contribution in [3.05, 3.63) is 65.7 Å². The summed E-state index contributed by atoms with van der Waals surface area (Å²) in [7, 11) is 3.25. The summed E-state index contributed by atoms with van der Waals surface area (Å²) in [6.45, 7) is 0. The number of allylic oxidation sites excluding steroid dienone is 1. The molecule has 0 aliphatic heterocycles. The minimum atomic E-state index is 0.741. The number of hydrogen-bond acceptors (Lipinski definition) is 3. The van der Waals surface area contributed by atoms with Crippen molar-refractivity contribution in [1.29, 1.82) is 5.26 Å². The van der Waals surface area contributed by atoms with E-state index in [0.717, 1.165) is 28.2 Å². The average molecular weight is 265 g/mol. The lowest BCUT2D eigenvalue weighted by Crippen LogP contribution is -1.93. The van der Waals surface area contributed by atoms with Crippen LogP contribution in [0.15, 0.2) is 54.6 Å². The van der Waals surface area contributed by atoms with Gasteiger partial charge in [0.2, 0.25) is 0 Å². The van der Waals surface area contributed by atoms with E-state index in [9.17, 15) is 0 Å². The molecular weight excluding hydrogens is 250 g/mol. The highest BCUT2D eigenvalue weighted by molar-refractivity contribution is 5.84. The van der Waals surface area contributed by atoms with Crippen molar-refractivity contribution in [2.24, 2.45) is 0 Å². The number of nitriles is 1. The SMILES string of the molecule is COc1ccc(C(=CC#N)c2ccccc2OC)cc1. The molecule has 0 heterocycles. The Labute approximate surface area is 118 Å². The second-order valence-electron chi connectivity index (χ2n) is 4.12. The van der Waals surface area contributed by atoms with Crippen LogP contribution in [0, 0.1) is 11.3 Å². The van der Waals surface area contributed by atoms with Gasteiger partial charge in [-0.1, -0.05) is 30.3 Å². The Morgan fingerprint density at radius 2 is 1.70 bits per heavy atom. The van der Waals surface area contributed by atoms with Gasteiger partial charge >= 0.3 is 0 Å². The van der Waals surface area contributed by atoms with Gasteiger partial charge in [-0.25, -0.2) is 0 Å². The maximum absolute atomic E-state index is 9.03. The summed E-state index contributed by atoms with van der Waals surface area (Å²) in [6, 6.07) is 17.3. The number of methoxy groups -OCH3 is 2. The van der Waals surface area contributed by atoms with Crippen molar-refractivity contribution in [3.8, 4) is 17.6 Å². The van der Waals surface area contributed by atoms with Gasteiger partial charge in [0.1, 0.15) is 11.5 Å². The van der Waals surface area contributed by atoms with Gasteiger partial charge in [-0.2, -0.15) is 5.26 Å². The molecule has 0 aromatic heterocycles. The maximum Gasteiger partial charge on any atom is 0.126 e. The van der Waals surface area contributed by atoms with Gasteiger partial charge in [0.15, 0.2) is 0 Å². The minimum Gasteiger partial charge on any atom is -0.497 e. The molecule has 2 aromatic rings. The molecule has 0 N–H and O–H groups in total. The number of hydrogen-bond donors (Lipinski definition) is 0. The van der Waals surface area contributed by atoms with Crippen molar-refractivity contribution in [3.63, 3.8) is 0 Å². The minimum absolute atomic E-state index is 0.741. The van der Waals surface area contributed by atoms with E-state index in [2.05, 4.69) is 6.07 Å². The fourth-order valence-electron chi connectivity index (χ4n) is 2.02. The van der Waals surface area contributed by atoms with E-state index in [-0.39, 0.29) is 0 Å². The Bertz CT molecular complexity index is 651. The van der Waals surface area contributed by atoms with E-state index in [1.54, 1.807) is 14.2 Å². The lowest BCUT2D eigenvalue weighted by atomic mass is 9.97. The van der Waals surface area contributed by atoms with Gasteiger partial charge in [0, 0.05) is 17.2 Å². The first-order chi connectivity index (χ1) is 9.80. The van der Waals surface area contributed by atoms with Gasteiger partial charge in [0.05, 0.1) is 20.3 Å². The third-order valence-corrected chi connectivity index (χ3v) is 3.01. The molecule has 0 aliphatic rings. The zero-order chi connectivity index (χ0) is 14.4. The molecule has 0 radical (unpaired) electrons. The predicted molar refractivity (Wildman–Crippen MR) is 78.7 cm³/mol. The Morgan fingerprint density at radius 3 is 2.30 bits per heavy atom. The Balaban J connectivity index is 2.51. The van der Waals surface area contributed by atoms with Crippen LogP contribution >= 0.6 is 0 Å². The molecule has 3 nitrogen and oxygen atoms in total. The van der Waals surface area contributed by atoms with Crippen LogP contribution in [0.5, 0.6) is 11.5 Å². The topological polar surface area (TPSA) is 42.2 Å². The smallest absolute Gasteiger partial charge is 0.126 e. The van der Waals surface area contributed by atoms with Crippen LogP contribution in [0.25, 0.3) is 5.57 Å². The number of rotatable bonds is 4. The van der Waals surface area contributed by atoms with Crippen LogP contribution in [0.4, 0.5) is 0 Å². The summed E-state index contributed by atoms with van der Waals surface area (Å²) in [5.41, 5.74) is 2.66. The van der Waals surface area contributed by atoms with Crippen molar-refractivity contribution >= 4 is 5.57 Å². The highest BCUT2D eigenvalue weighted by Gasteiger charge is 2.10. The third kappa shape index (κ3) is 2.81. The molecule has 0 fully saturated rings. The van der Waals surface area contributed by atoms with Crippen LogP contribution in [0.3, 0.4) is 0 Å². The van der Waals surface area contributed by atoms with Gasteiger partial charge in [-0.05, 0) is 23.8 Å². The largest absolute Gasteiger partial charge is 0.497 e. The molecule has 0 amide bonds. The highest BCUT2D eigenvalue weighted by Crippen LogP contribution is 2.31. The van der Waals surface area contributed by atoms with E-state index < -0.39 is 0 Å². The number of ether oxygens (including phenoxy) is 2. The van der Waals surface area contributed by atoms with E-state index in [1.165, 1.54) is 6.08 Å². The molecule has 0 unspecified atom stereocenters. The fraction of sp³-hybridized carbons (Fsp3) is 0.118. The molecular formula is C17H15NO2. The lowest BCUT2D eigenvalue weighted by Gasteiger charge is -2.12. The molecule has 20 heavy (non-hydrogen) atoms.